The molecule has 3 rings (SSSR count). The lowest BCUT2D eigenvalue weighted by Crippen LogP contribution is -2.33. The van der Waals surface area contributed by atoms with Crippen molar-refractivity contribution < 1.29 is 23.5 Å². The minimum Gasteiger partial charge on any atom is -0.465 e. The van der Waals surface area contributed by atoms with Crippen molar-refractivity contribution in [3.05, 3.63) is 93.3 Å². The molecule has 0 unspecified atom stereocenters. The largest absolute Gasteiger partial charge is 0.465 e. The molecule has 0 spiro atoms. The van der Waals surface area contributed by atoms with Gasteiger partial charge in [-0.25, -0.2) is 14.0 Å². The molecule has 7 heteroatoms. The zero-order chi connectivity index (χ0) is 23.4. The number of ether oxygens (including phenoxy) is 2. The Balaban J connectivity index is 1.98. The number of carbonyl (C=O) groups is 2. The number of halogens is 2. The van der Waals surface area contributed by atoms with Crippen molar-refractivity contribution in [2.45, 2.75) is 27.3 Å². The van der Waals surface area contributed by atoms with Crippen LogP contribution in [0.25, 0.3) is 0 Å². The van der Waals surface area contributed by atoms with Crippen molar-refractivity contribution >= 4 is 29.4 Å². The van der Waals surface area contributed by atoms with E-state index in [2.05, 4.69) is 4.74 Å². The standard InChI is InChI=1S/C25H23ClFNO4/c1-15-5-9-21(10-6-15)32-25(30)28(20-11-16(2)17(3)22(26)13-20)14-19-8-7-18(12-23(19)27)24(29)31-4/h5-13H,14H2,1-4H3. The number of benzene rings is 3. The van der Waals surface area contributed by atoms with Crippen molar-refractivity contribution in [3.63, 3.8) is 0 Å². The second kappa shape index (κ2) is 9.83. The molecule has 0 aromatic heterocycles. The lowest BCUT2D eigenvalue weighted by atomic mass is 10.1. The Bertz CT molecular complexity index is 1140. The number of hydrogen-bond acceptors (Lipinski definition) is 4. The van der Waals surface area contributed by atoms with Gasteiger partial charge in [0.15, 0.2) is 0 Å². The van der Waals surface area contributed by atoms with Crippen LogP contribution in [0.3, 0.4) is 0 Å². The van der Waals surface area contributed by atoms with Crippen LogP contribution in [0.15, 0.2) is 54.6 Å². The predicted octanol–water partition coefficient (Wildman–Crippen LogP) is 6.40. The minimum absolute atomic E-state index is 0.0803. The van der Waals surface area contributed by atoms with E-state index in [1.165, 1.54) is 24.1 Å². The maximum atomic E-state index is 14.8. The highest BCUT2D eigenvalue weighted by atomic mass is 35.5. The fourth-order valence-electron chi connectivity index (χ4n) is 3.07. The number of esters is 1. The van der Waals surface area contributed by atoms with Crippen LogP contribution in [0.5, 0.6) is 5.75 Å². The van der Waals surface area contributed by atoms with Crippen LogP contribution in [-0.4, -0.2) is 19.2 Å². The molecule has 166 valence electrons. The van der Waals surface area contributed by atoms with E-state index in [-0.39, 0.29) is 17.7 Å². The number of anilines is 1. The van der Waals surface area contributed by atoms with Gasteiger partial charge >= 0.3 is 12.1 Å². The van der Waals surface area contributed by atoms with Crippen LogP contribution in [0.1, 0.15) is 32.6 Å². The number of nitrogens with zero attached hydrogens (tertiary/aromatic N) is 1. The molecule has 0 saturated heterocycles. The lowest BCUT2D eigenvalue weighted by molar-refractivity contribution is 0.0600. The zero-order valence-corrected chi connectivity index (χ0v) is 19.0. The van der Waals surface area contributed by atoms with Crippen molar-refractivity contribution in [1.29, 1.82) is 0 Å². The molecule has 0 radical (unpaired) electrons. The Morgan fingerprint density at radius 1 is 1.00 bits per heavy atom. The molecule has 1 amide bonds. The molecule has 0 atom stereocenters. The van der Waals surface area contributed by atoms with Crippen molar-refractivity contribution in [2.75, 3.05) is 12.0 Å². The number of amides is 1. The smallest absolute Gasteiger partial charge is 0.420 e. The van der Waals surface area contributed by atoms with E-state index in [1.807, 2.05) is 32.9 Å². The van der Waals surface area contributed by atoms with Crippen LogP contribution >= 0.6 is 11.6 Å². The number of carbonyl (C=O) groups excluding carboxylic acids is 2. The van der Waals surface area contributed by atoms with Gasteiger partial charge in [-0.1, -0.05) is 35.4 Å². The summed E-state index contributed by atoms with van der Waals surface area (Å²) in [6.07, 6.45) is -0.690. The molecule has 0 aliphatic rings. The first kappa shape index (κ1) is 23.3. The monoisotopic (exact) mass is 455 g/mol. The molecule has 0 bridgehead atoms. The summed E-state index contributed by atoms with van der Waals surface area (Å²) in [5.74, 6) is -0.926. The van der Waals surface area contributed by atoms with Gasteiger partial charge in [0.2, 0.25) is 0 Å². The molecule has 32 heavy (non-hydrogen) atoms. The first-order valence-electron chi connectivity index (χ1n) is 9.89. The molecule has 0 aliphatic carbocycles. The Kier molecular flexibility index (Phi) is 7.15. The summed E-state index contributed by atoms with van der Waals surface area (Å²) < 4.78 is 24.9. The molecule has 3 aromatic rings. The van der Waals surface area contributed by atoms with Crippen LogP contribution in [0.4, 0.5) is 14.9 Å². The van der Waals surface area contributed by atoms with Gasteiger partial charge in [0.1, 0.15) is 11.6 Å². The summed E-state index contributed by atoms with van der Waals surface area (Å²) in [4.78, 5) is 26.1. The number of aryl methyl sites for hydroxylation is 2. The van der Waals surface area contributed by atoms with Gasteiger partial charge in [0.05, 0.1) is 19.2 Å². The van der Waals surface area contributed by atoms with Gasteiger partial charge in [0, 0.05) is 16.3 Å². The van der Waals surface area contributed by atoms with E-state index in [0.717, 1.165) is 22.8 Å². The van der Waals surface area contributed by atoms with Crippen LogP contribution in [-0.2, 0) is 11.3 Å². The van der Waals surface area contributed by atoms with Crippen molar-refractivity contribution in [2.24, 2.45) is 0 Å². The van der Waals surface area contributed by atoms with E-state index in [9.17, 15) is 14.0 Å². The third-order valence-corrected chi connectivity index (χ3v) is 5.54. The number of rotatable bonds is 5. The fourth-order valence-corrected chi connectivity index (χ4v) is 3.33. The van der Waals surface area contributed by atoms with Crippen molar-refractivity contribution in [3.8, 4) is 5.75 Å². The highest BCUT2D eigenvalue weighted by molar-refractivity contribution is 6.31. The van der Waals surface area contributed by atoms with Gasteiger partial charge in [-0.05, 0) is 68.3 Å². The van der Waals surface area contributed by atoms with Crippen LogP contribution in [0, 0.1) is 26.6 Å². The van der Waals surface area contributed by atoms with Gasteiger partial charge in [0.25, 0.3) is 0 Å². The molecule has 0 fully saturated rings. The topological polar surface area (TPSA) is 55.8 Å². The summed E-state index contributed by atoms with van der Waals surface area (Å²) in [6, 6.07) is 14.4. The van der Waals surface area contributed by atoms with E-state index in [1.54, 1.807) is 24.3 Å². The van der Waals surface area contributed by atoms with Gasteiger partial charge in [-0.3, -0.25) is 4.90 Å². The maximum Gasteiger partial charge on any atom is 0.420 e. The van der Waals surface area contributed by atoms with E-state index in [0.29, 0.717) is 16.5 Å². The lowest BCUT2D eigenvalue weighted by Gasteiger charge is -2.24. The minimum atomic E-state index is -0.690. The van der Waals surface area contributed by atoms with Gasteiger partial charge < -0.3 is 9.47 Å². The quantitative estimate of drug-likeness (QED) is 0.418. The molecule has 5 nitrogen and oxygen atoms in total. The highest BCUT2D eigenvalue weighted by Crippen LogP contribution is 2.29. The maximum absolute atomic E-state index is 14.8. The fraction of sp³-hybridized carbons (Fsp3) is 0.200. The Morgan fingerprint density at radius 3 is 2.28 bits per heavy atom. The van der Waals surface area contributed by atoms with E-state index in [4.69, 9.17) is 16.3 Å². The Labute approximate surface area is 191 Å². The average molecular weight is 456 g/mol. The van der Waals surface area contributed by atoms with Crippen LogP contribution < -0.4 is 9.64 Å². The summed E-state index contributed by atoms with van der Waals surface area (Å²) in [5.41, 5.74) is 3.53. The van der Waals surface area contributed by atoms with E-state index < -0.39 is 17.9 Å². The van der Waals surface area contributed by atoms with Crippen LogP contribution in [0.2, 0.25) is 5.02 Å². The summed E-state index contributed by atoms with van der Waals surface area (Å²) in [6.45, 7) is 5.55. The SMILES string of the molecule is COC(=O)c1ccc(CN(C(=O)Oc2ccc(C)cc2)c2cc(C)c(C)c(Cl)c2)c(F)c1. The first-order valence-corrected chi connectivity index (χ1v) is 10.3. The zero-order valence-electron chi connectivity index (χ0n) is 18.2. The molecule has 3 aromatic carbocycles. The Hall–Kier alpha value is -3.38. The third kappa shape index (κ3) is 5.26. The van der Waals surface area contributed by atoms with Gasteiger partial charge in [-0.15, -0.1) is 0 Å². The molecular weight excluding hydrogens is 433 g/mol. The predicted molar refractivity (Wildman–Crippen MR) is 122 cm³/mol. The second-order valence-corrected chi connectivity index (χ2v) is 7.84. The normalized spacial score (nSPS) is 10.6. The summed E-state index contributed by atoms with van der Waals surface area (Å²) in [7, 11) is 1.22. The number of methoxy groups -OCH3 is 1. The average Bonchev–Trinajstić information content (AvgIpc) is 2.77. The summed E-state index contributed by atoms with van der Waals surface area (Å²) >= 11 is 6.35. The summed E-state index contributed by atoms with van der Waals surface area (Å²) in [5, 5.41) is 0.481. The molecule has 0 saturated carbocycles. The van der Waals surface area contributed by atoms with E-state index >= 15 is 0 Å². The molecule has 0 N–H and O–H groups in total. The Morgan fingerprint density at radius 2 is 1.69 bits per heavy atom. The third-order valence-electron chi connectivity index (χ3n) is 5.15. The highest BCUT2D eigenvalue weighted by Gasteiger charge is 2.22. The molecule has 0 aliphatic heterocycles. The number of hydrogen-bond donors (Lipinski definition) is 0. The van der Waals surface area contributed by atoms with Crippen molar-refractivity contribution in [1.82, 2.24) is 0 Å². The first-order chi connectivity index (χ1) is 15.2. The molecular formula is C25H23ClFNO4. The second-order valence-electron chi connectivity index (χ2n) is 7.43. The molecule has 0 heterocycles. The van der Waals surface area contributed by atoms with Gasteiger partial charge in [-0.2, -0.15) is 0 Å².